The van der Waals surface area contributed by atoms with Crippen LogP contribution in [-0.4, -0.2) is 17.1 Å². The maximum Gasteiger partial charge on any atom is 0.126 e. The zero-order valence-electron chi connectivity index (χ0n) is 14.5. The third kappa shape index (κ3) is 2.95. The van der Waals surface area contributed by atoms with Crippen LogP contribution >= 0.6 is 0 Å². The van der Waals surface area contributed by atoms with Gasteiger partial charge in [-0.05, 0) is 23.8 Å². The summed E-state index contributed by atoms with van der Waals surface area (Å²) in [4.78, 5) is 9.12. The summed E-state index contributed by atoms with van der Waals surface area (Å²) in [5.41, 5.74) is 6.12. The van der Waals surface area contributed by atoms with Gasteiger partial charge in [-0.2, -0.15) is 0 Å². The van der Waals surface area contributed by atoms with Crippen LogP contribution in [0.3, 0.4) is 0 Å². The Balaban J connectivity index is 2.04. The number of aromatic nitrogens is 2. The van der Waals surface area contributed by atoms with Crippen molar-refractivity contribution >= 4 is 0 Å². The molecule has 0 aliphatic heterocycles. The largest absolute Gasteiger partial charge is 0.496 e. The van der Waals surface area contributed by atoms with Gasteiger partial charge in [0.2, 0.25) is 0 Å². The summed E-state index contributed by atoms with van der Waals surface area (Å²) in [6.45, 7) is 0. The van der Waals surface area contributed by atoms with Gasteiger partial charge in [0, 0.05) is 40.8 Å². The van der Waals surface area contributed by atoms with E-state index in [-0.39, 0.29) is 0 Å². The van der Waals surface area contributed by atoms with Gasteiger partial charge in [0.25, 0.3) is 0 Å². The third-order valence-electron chi connectivity index (χ3n) is 4.35. The fourth-order valence-corrected chi connectivity index (χ4v) is 3.16. The Hall–Kier alpha value is -3.46. The number of ether oxygens (including phenoxy) is 1. The van der Waals surface area contributed by atoms with Gasteiger partial charge in [-0.3, -0.25) is 9.97 Å². The van der Waals surface area contributed by atoms with Gasteiger partial charge in [-0.1, -0.05) is 54.6 Å². The summed E-state index contributed by atoms with van der Waals surface area (Å²) in [5.74, 6) is 0.816. The van der Waals surface area contributed by atoms with E-state index in [2.05, 4.69) is 28.2 Å². The Morgan fingerprint density at radius 3 is 2.19 bits per heavy atom. The molecule has 0 aliphatic rings. The number of benzene rings is 2. The summed E-state index contributed by atoms with van der Waals surface area (Å²) in [6.07, 6.45) is 5.60. The van der Waals surface area contributed by atoms with Crippen LogP contribution in [0.15, 0.2) is 91.4 Å². The number of para-hydroxylation sites is 1. The minimum atomic E-state index is 0.816. The molecule has 2 aromatic carbocycles. The smallest absolute Gasteiger partial charge is 0.126 e. The summed E-state index contributed by atoms with van der Waals surface area (Å²) >= 11 is 0. The molecule has 0 aliphatic carbocycles. The summed E-state index contributed by atoms with van der Waals surface area (Å²) in [7, 11) is 1.69. The molecule has 0 saturated heterocycles. The average molecular weight is 338 g/mol. The van der Waals surface area contributed by atoms with Crippen molar-refractivity contribution in [1.82, 2.24) is 9.97 Å². The molecule has 4 rings (SSSR count). The van der Waals surface area contributed by atoms with E-state index < -0.39 is 0 Å². The third-order valence-corrected chi connectivity index (χ3v) is 4.35. The zero-order valence-corrected chi connectivity index (χ0v) is 14.5. The van der Waals surface area contributed by atoms with Crippen molar-refractivity contribution in [3.05, 3.63) is 91.4 Å². The maximum atomic E-state index is 5.59. The van der Waals surface area contributed by atoms with E-state index in [0.29, 0.717) is 0 Å². The van der Waals surface area contributed by atoms with Gasteiger partial charge >= 0.3 is 0 Å². The van der Waals surface area contributed by atoms with Crippen molar-refractivity contribution in [1.29, 1.82) is 0 Å². The summed E-state index contributed by atoms with van der Waals surface area (Å²) in [6, 6.07) is 24.2. The van der Waals surface area contributed by atoms with Crippen LogP contribution in [0.25, 0.3) is 33.5 Å². The molecule has 2 aromatic heterocycles. The first kappa shape index (κ1) is 16.0. The Kier molecular flexibility index (Phi) is 4.44. The highest BCUT2D eigenvalue weighted by Gasteiger charge is 2.17. The lowest BCUT2D eigenvalue weighted by Crippen LogP contribution is -1.95. The van der Waals surface area contributed by atoms with Gasteiger partial charge in [-0.25, -0.2) is 0 Å². The molecule has 0 fully saturated rings. The van der Waals surface area contributed by atoms with Crippen LogP contribution in [0.4, 0.5) is 0 Å². The van der Waals surface area contributed by atoms with E-state index in [0.717, 1.165) is 39.3 Å². The van der Waals surface area contributed by atoms with Crippen LogP contribution < -0.4 is 4.74 Å². The number of hydrogen-bond acceptors (Lipinski definition) is 3. The van der Waals surface area contributed by atoms with Crippen molar-refractivity contribution in [3.63, 3.8) is 0 Å². The molecule has 3 nitrogen and oxygen atoms in total. The molecule has 0 spiro atoms. The van der Waals surface area contributed by atoms with Gasteiger partial charge in [-0.15, -0.1) is 0 Å². The van der Waals surface area contributed by atoms with Crippen LogP contribution in [0.1, 0.15) is 0 Å². The normalized spacial score (nSPS) is 10.5. The van der Waals surface area contributed by atoms with Crippen LogP contribution in [0.5, 0.6) is 5.75 Å². The standard InChI is InChI=1S/C23H18N2O/c1-26-22-13-6-5-11-18(22)20-16-24-15-19(17-9-3-2-4-10-17)23(20)21-12-7-8-14-25-21/h2-16H,1H3. The molecular formula is C23H18N2O. The Morgan fingerprint density at radius 2 is 1.42 bits per heavy atom. The minimum absolute atomic E-state index is 0.816. The van der Waals surface area contributed by atoms with Crippen LogP contribution in [0.2, 0.25) is 0 Å². The van der Waals surface area contributed by atoms with Gasteiger partial charge in [0.05, 0.1) is 12.8 Å². The second-order valence-corrected chi connectivity index (χ2v) is 5.89. The molecule has 0 unspecified atom stereocenters. The fourth-order valence-electron chi connectivity index (χ4n) is 3.16. The van der Waals surface area contributed by atoms with Crippen molar-refractivity contribution in [2.75, 3.05) is 7.11 Å². The zero-order chi connectivity index (χ0) is 17.8. The first-order chi connectivity index (χ1) is 12.9. The van der Waals surface area contributed by atoms with Crippen molar-refractivity contribution < 1.29 is 4.74 Å². The molecule has 0 atom stereocenters. The van der Waals surface area contributed by atoms with E-state index in [1.165, 1.54) is 0 Å². The SMILES string of the molecule is COc1ccccc1-c1cncc(-c2ccccc2)c1-c1ccccn1. The second-order valence-electron chi connectivity index (χ2n) is 5.89. The number of nitrogens with zero attached hydrogens (tertiary/aromatic N) is 2. The number of hydrogen-bond donors (Lipinski definition) is 0. The Bertz CT molecular complexity index is 1010. The lowest BCUT2D eigenvalue weighted by Gasteiger charge is -2.16. The summed E-state index contributed by atoms with van der Waals surface area (Å²) in [5, 5.41) is 0. The number of pyridine rings is 2. The van der Waals surface area contributed by atoms with E-state index in [1.807, 2.05) is 73.2 Å². The highest BCUT2D eigenvalue weighted by atomic mass is 16.5. The quantitative estimate of drug-likeness (QED) is 0.494. The fraction of sp³-hybridized carbons (Fsp3) is 0.0435. The average Bonchev–Trinajstić information content (AvgIpc) is 2.74. The maximum absolute atomic E-state index is 5.59. The molecule has 0 bridgehead atoms. The highest BCUT2D eigenvalue weighted by Crippen LogP contribution is 2.41. The molecular weight excluding hydrogens is 320 g/mol. The van der Waals surface area contributed by atoms with E-state index in [1.54, 1.807) is 7.11 Å². The summed E-state index contributed by atoms with van der Waals surface area (Å²) < 4.78 is 5.59. The molecule has 126 valence electrons. The van der Waals surface area contributed by atoms with Gasteiger partial charge < -0.3 is 4.74 Å². The molecule has 2 heterocycles. The van der Waals surface area contributed by atoms with Crippen LogP contribution in [0, 0.1) is 0 Å². The van der Waals surface area contributed by atoms with Crippen molar-refractivity contribution in [2.24, 2.45) is 0 Å². The number of rotatable bonds is 4. The Labute approximate surface area is 153 Å². The predicted molar refractivity (Wildman–Crippen MR) is 105 cm³/mol. The second kappa shape index (κ2) is 7.19. The lowest BCUT2D eigenvalue weighted by atomic mass is 9.91. The van der Waals surface area contributed by atoms with Crippen molar-refractivity contribution in [2.45, 2.75) is 0 Å². The van der Waals surface area contributed by atoms with Crippen LogP contribution in [-0.2, 0) is 0 Å². The van der Waals surface area contributed by atoms with E-state index in [9.17, 15) is 0 Å². The molecule has 0 N–H and O–H groups in total. The Morgan fingerprint density at radius 1 is 0.692 bits per heavy atom. The van der Waals surface area contributed by atoms with Gasteiger partial charge in [0.1, 0.15) is 5.75 Å². The predicted octanol–water partition coefficient (Wildman–Crippen LogP) is 5.49. The first-order valence-electron chi connectivity index (χ1n) is 8.46. The number of methoxy groups -OCH3 is 1. The molecule has 26 heavy (non-hydrogen) atoms. The van der Waals surface area contributed by atoms with Gasteiger partial charge in [0.15, 0.2) is 0 Å². The molecule has 0 amide bonds. The minimum Gasteiger partial charge on any atom is -0.496 e. The van der Waals surface area contributed by atoms with Crippen molar-refractivity contribution in [3.8, 4) is 39.3 Å². The first-order valence-corrected chi connectivity index (χ1v) is 8.46. The topological polar surface area (TPSA) is 35.0 Å². The monoisotopic (exact) mass is 338 g/mol. The molecule has 3 heteroatoms. The highest BCUT2D eigenvalue weighted by molar-refractivity contribution is 5.93. The molecule has 0 saturated carbocycles. The molecule has 4 aromatic rings. The lowest BCUT2D eigenvalue weighted by molar-refractivity contribution is 0.416. The van der Waals surface area contributed by atoms with E-state index >= 15 is 0 Å². The molecule has 0 radical (unpaired) electrons. The van der Waals surface area contributed by atoms with E-state index in [4.69, 9.17) is 4.74 Å².